The molecule has 0 atom stereocenters. The lowest BCUT2D eigenvalue weighted by molar-refractivity contribution is 0.277. The van der Waals surface area contributed by atoms with Crippen molar-refractivity contribution in [2.75, 3.05) is 13.1 Å². The van der Waals surface area contributed by atoms with Gasteiger partial charge in [0.15, 0.2) is 5.96 Å². The zero-order chi connectivity index (χ0) is 16.1. The molecule has 1 aliphatic rings. The SMILES string of the molecule is CC1CCN(C(N)=NCc2cnn(Cc3ccccc3)c2)CC1. The number of benzene rings is 1. The van der Waals surface area contributed by atoms with E-state index in [1.165, 1.54) is 18.4 Å². The molecule has 1 fully saturated rings. The minimum absolute atomic E-state index is 0.590. The number of piperidine rings is 1. The minimum atomic E-state index is 0.590. The summed E-state index contributed by atoms with van der Waals surface area (Å²) in [5.41, 5.74) is 8.46. The van der Waals surface area contributed by atoms with E-state index in [-0.39, 0.29) is 0 Å². The first-order valence-corrected chi connectivity index (χ1v) is 8.31. The van der Waals surface area contributed by atoms with Crippen molar-refractivity contribution in [3.05, 3.63) is 53.9 Å². The van der Waals surface area contributed by atoms with Gasteiger partial charge in [-0.1, -0.05) is 37.3 Å². The van der Waals surface area contributed by atoms with Gasteiger partial charge in [-0.2, -0.15) is 5.10 Å². The molecular formula is C18H25N5. The smallest absolute Gasteiger partial charge is 0.191 e. The fraction of sp³-hybridized carbons (Fsp3) is 0.444. The third-order valence-electron chi connectivity index (χ3n) is 4.41. The second-order valence-corrected chi connectivity index (χ2v) is 6.38. The summed E-state index contributed by atoms with van der Waals surface area (Å²) >= 11 is 0. The molecule has 0 bridgehead atoms. The Kier molecular flexibility index (Phi) is 4.95. The zero-order valence-electron chi connectivity index (χ0n) is 13.7. The van der Waals surface area contributed by atoms with Gasteiger partial charge in [-0.25, -0.2) is 4.99 Å². The normalized spacial score (nSPS) is 16.7. The summed E-state index contributed by atoms with van der Waals surface area (Å²) in [5.74, 6) is 1.46. The van der Waals surface area contributed by atoms with Crippen LogP contribution in [-0.4, -0.2) is 33.7 Å². The summed E-state index contributed by atoms with van der Waals surface area (Å²) in [6.07, 6.45) is 6.32. The quantitative estimate of drug-likeness (QED) is 0.697. The predicted octanol–water partition coefficient (Wildman–Crippen LogP) is 2.48. The van der Waals surface area contributed by atoms with E-state index in [4.69, 9.17) is 5.73 Å². The maximum absolute atomic E-state index is 6.12. The van der Waals surface area contributed by atoms with E-state index in [1.54, 1.807) is 0 Å². The van der Waals surface area contributed by atoms with Crippen LogP contribution in [0.3, 0.4) is 0 Å². The minimum Gasteiger partial charge on any atom is -0.370 e. The molecule has 0 spiro atoms. The van der Waals surface area contributed by atoms with Crippen LogP contribution in [0.15, 0.2) is 47.7 Å². The molecule has 122 valence electrons. The number of hydrogen-bond acceptors (Lipinski definition) is 2. The molecule has 2 N–H and O–H groups in total. The average molecular weight is 311 g/mol. The van der Waals surface area contributed by atoms with Gasteiger partial charge in [0, 0.05) is 24.8 Å². The van der Waals surface area contributed by atoms with Crippen LogP contribution >= 0.6 is 0 Å². The lowest BCUT2D eigenvalue weighted by Gasteiger charge is -2.30. The second kappa shape index (κ2) is 7.31. The fourth-order valence-electron chi connectivity index (χ4n) is 2.85. The van der Waals surface area contributed by atoms with Gasteiger partial charge in [0.1, 0.15) is 0 Å². The van der Waals surface area contributed by atoms with E-state index < -0.39 is 0 Å². The maximum atomic E-state index is 6.12. The summed E-state index contributed by atoms with van der Waals surface area (Å²) in [7, 11) is 0. The lowest BCUT2D eigenvalue weighted by atomic mass is 10.00. The molecule has 23 heavy (non-hydrogen) atoms. The number of aliphatic imine (C=N–C) groups is 1. The number of nitrogens with zero attached hydrogens (tertiary/aromatic N) is 4. The van der Waals surface area contributed by atoms with Crippen molar-refractivity contribution in [1.29, 1.82) is 0 Å². The largest absolute Gasteiger partial charge is 0.370 e. The van der Waals surface area contributed by atoms with Crippen LogP contribution < -0.4 is 5.73 Å². The molecule has 1 aliphatic heterocycles. The van der Waals surface area contributed by atoms with Crippen LogP contribution in [0.25, 0.3) is 0 Å². The number of aromatic nitrogens is 2. The van der Waals surface area contributed by atoms with E-state index in [2.05, 4.69) is 34.0 Å². The van der Waals surface area contributed by atoms with Crippen molar-refractivity contribution in [2.45, 2.75) is 32.9 Å². The molecule has 2 heterocycles. The molecule has 0 aliphatic carbocycles. The summed E-state index contributed by atoms with van der Waals surface area (Å²) < 4.78 is 1.94. The molecule has 5 heteroatoms. The summed E-state index contributed by atoms with van der Waals surface area (Å²) in [6.45, 7) is 5.70. The van der Waals surface area contributed by atoms with Gasteiger partial charge >= 0.3 is 0 Å². The Morgan fingerprint density at radius 3 is 2.70 bits per heavy atom. The van der Waals surface area contributed by atoms with Gasteiger partial charge < -0.3 is 10.6 Å². The standard InChI is InChI=1S/C18H25N5/c1-15-7-9-22(10-8-15)18(19)20-11-17-12-21-23(14-17)13-16-5-3-2-4-6-16/h2-6,12,14-15H,7-11,13H2,1H3,(H2,19,20). The number of nitrogens with two attached hydrogens (primary N) is 1. The van der Waals surface area contributed by atoms with Crippen molar-refractivity contribution >= 4 is 5.96 Å². The van der Waals surface area contributed by atoms with Crippen LogP contribution in [0.1, 0.15) is 30.9 Å². The van der Waals surface area contributed by atoms with Gasteiger partial charge in [0.25, 0.3) is 0 Å². The number of likely N-dealkylation sites (tertiary alicyclic amines) is 1. The predicted molar refractivity (Wildman–Crippen MR) is 93.1 cm³/mol. The lowest BCUT2D eigenvalue weighted by Crippen LogP contribution is -2.42. The van der Waals surface area contributed by atoms with Gasteiger partial charge in [-0.3, -0.25) is 4.68 Å². The van der Waals surface area contributed by atoms with Gasteiger partial charge in [0.05, 0.1) is 19.3 Å². The monoisotopic (exact) mass is 311 g/mol. The maximum Gasteiger partial charge on any atom is 0.191 e. The highest BCUT2D eigenvalue weighted by Gasteiger charge is 2.16. The molecule has 5 nitrogen and oxygen atoms in total. The number of guanidine groups is 1. The highest BCUT2D eigenvalue weighted by Crippen LogP contribution is 2.15. The average Bonchev–Trinajstić information content (AvgIpc) is 3.02. The van der Waals surface area contributed by atoms with Crippen molar-refractivity contribution < 1.29 is 0 Å². The Morgan fingerprint density at radius 1 is 1.22 bits per heavy atom. The van der Waals surface area contributed by atoms with E-state index >= 15 is 0 Å². The topological polar surface area (TPSA) is 59.4 Å². The Hall–Kier alpha value is -2.30. The number of hydrogen-bond donors (Lipinski definition) is 1. The molecule has 1 aromatic carbocycles. The van der Waals surface area contributed by atoms with Crippen molar-refractivity contribution in [3.63, 3.8) is 0 Å². The van der Waals surface area contributed by atoms with E-state index in [1.807, 2.05) is 35.3 Å². The molecule has 0 unspecified atom stereocenters. The second-order valence-electron chi connectivity index (χ2n) is 6.38. The van der Waals surface area contributed by atoms with Crippen molar-refractivity contribution in [1.82, 2.24) is 14.7 Å². The zero-order valence-corrected chi connectivity index (χ0v) is 13.7. The van der Waals surface area contributed by atoms with Gasteiger partial charge in [0.2, 0.25) is 0 Å². The molecule has 1 saturated heterocycles. The molecule has 3 rings (SSSR count). The van der Waals surface area contributed by atoms with E-state index in [0.29, 0.717) is 12.5 Å². The highest BCUT2D eigenvalue weighted by molar-refractivity contribution is 5.78. The van der Waals surface area contributed by atoms with Crippen LogP contribution in [0.5, 0.6) is 0 Å². The van der Waals surface area contributed by atoms with Crippen molar-refractivity contribution in [2.24, 2.45) is 16.6 Å². The Bertz CT molecular complexity index is 638. The Balaban J connectivity index is 1.55. The molecule has 0 radical (unpaired) electrons. The van der Waals surface area contributed by atoms with Gasteiger partial charge in [-0.05, 0) is 24.3 Å². The van der Waals surface area contributed by atoms with Crippen LogP contribution in [-0.2, 0) is 13.1 Å². The fourth-order valence-corrected chi connectivity index (χ4v) is 2.85. The van der Waals surface area contributed by atoms with Crippen LogP contribution in [0, 0.1) is 5.92 Å². The molecule has 1 aromatic heterocycles. The summed E-state index contributed by atoms with van der Waals surface area (Å²) in [6, 6.07) is 10.3. The number of rotatable bonds is 4. The Labute approximate surface area is 137 Å². The third kappa shape index (κ3) is 4.34. The van der Waals surface area contributed by atoms with Crippen LogP contribution in [0.2, 0.25) is 0 Å². The molecule has 0 amide bonds. The van der Waals surface area contributed by atoms with E-state index in [9.17, 15) is 0 Å². The van der Waals surface area contributed by atoms with Crippen LogP contribution in [0.4, 0.5) is 0 Å². The Morgan fingerprint density at radius 2 is 1.96 bits per heavy atom. The first kappa shape index (κ1) is 15.6. The van der Waals surface area contributed by atoms with E-state index in [0.717, 1.165) is 31.1 Å². The molecular weight excluding hydrogens is 286 g/mol. The van der Waals surface area contributed by atoms with Crippen molar-refractivity contribution in [3.8, 4) is 0 Å². The third-order valence-corrected chi connectivity index (χ3v) is 4.41. The molecule has 2 aromatic rings. The molecule has 0 saturated carbocycles. The summed E-state index contributed by atoms with van der Waals surface area (Å²) in [5, 5.41) is 4.40. The first-order chi connectivity index (χ1) is 11.2. The summed E-state index contributed by atoms with van der Waals surface area (Å²) in [4.78, 5) is 6.72. The highest BCUT2D eigenvalue weighted by atomic mass is 15.3. The van der Waals surface area contributed by atoms with Gasteiger partial charge in [-0.15, -0.1) is 0 Å². The first-order valence-electron chi connectivity index (χ1n) is 8.31.